The number of carboxylic acid groups (broad SMARTS) is 1. The van der Waals surface area contributed by atoms with E-state index in [1.807, 2.05) is 20.8 Å². The summed E-state index contributed by atoms with van der Waals surface area (Å²) in [6.07, 6.45) is 1.15. The zero-order valence-corrected chi connectivity index (χ0v) is 14.0. The minimum atomic E-state index is -1.03. The van der Waals surface area contributed by atoms with E-state index in [9.17, 15) is 14.7 Å². The molecule has 3 N–H and O–H groups in total. The molecule has 0 aliphatic rings. The van der Waals surface area contributed by atoms with Gasteiger partial charge in [-0.3, -0.25) is 9.89 Å². The van der Waals surface area contributed by atoms with Crippen LogP contribution >= 0.6 is 0 Å². The monoisotopic (exact) mass is 330 g/mol. The first kappa shape index (κ1) is 17.7. The van der Waals surface area contributed by atoms with Crippen molar-refractivity contribution in [2.75, 3.05) is 0 Å². The molecule has 1 aromatic heterocycles. The number of amides is 1. The van der Waals surface area contributed by atoms with Gasteiger partial charge in [-0.05, 0) is 24.5 Å². The molecule has 7 nitrogen and oxygen atoms in total. The molecule has 7 heteroatoms. The fourth-order valence-electron chi connectivity index (χ4n) is 2.29. The van der Waals surface area contributed by atoms with E-state index in [-0.39, 0.29) is 5.92 Å². The summed E-state index contributed by atoms with van der Waals surface area (Å²) in [7, 11) is 0. The molecule has 2 aromatic rings. The van der Waals surface area contributed by atoms with Crippen LogP contribution < -0.4 is 5.32 Å². The van der Waals surface area contributed by atoms with Gasteiger partial charge in [0.15, 0.2) is 5.82 Å². The number of aromatic amines is 1. The van der Waals surface area contributed by atoms with Crippen molar-refractivity contribution in [3.63, 3.8) is 0 Å². The number of aromatic nitrogens is 3. The molecular weight excluding hydrogens is 308 g/mol. The van der Waals surface area contributed by atoms with E-state index in [1.165, 1.54) is 0 Å². The highest BCUT2D eigenvalue weighted by molar-refractivity contribution is 5.96. The van der Waals surface area contributed by atoms with Crippen LogP contribution in [0.1, 0.15) is 43.4 Å². The molecule has 0 radical (unpaired) electrons. The number of carbonyl (C=O) groups excluding carboxylic acids is 1. The zero-order chi connectivity index (χ0) is 17.7. The lowest BCUT2D eigenvalue weighted by Crippen LogP contribution is -2.41. The van der Waals surface area contributed by atoms with Crippen molar-refractivity contribution in [3.05, 3.63) is 35.7 Å². The largest absolute Gasteiger partial charge is 0.480 e. The SMILES string of the molecule is CCc1nc(-c2ccc(C(=O)N[C@H](CC(C)C)C(=O)O)cc2)n[nH]1. The molecular formula is C17H22N4O3. The molecule has 0 saturated heterocycles. The van der Waals surface area contributed by atoms with Gasteiger partial charge in [-0.15, -0.1) is 0 Å². The molecule has 0 unspecified atom stereocenters. The summed E-state index contributed by atoms with van der Waals surface area (Å²) in [5.41, 5.74) is 1.19. The van der Waals surface area contributed by atoms with Crippen LogP contribution in [0.2, 0.25) is 0 Å². The van der Waals surface area contributed by atoms with Crippen LogP contribution in [-0.2, 0) is 11.2 Å². The van der Waals surface area contributed by atoms with Crippen LogP contribution in [0.15, 0.2) is 24.3 Å². The van der Waals surface area contributed by atoms with Gasteiger partial charge in [0.2, 0.25) is 0 Å². The molecule has 1 aromatic carbocycles. The second-order valence-electron chi connectivity index (χ2n) is 6.03. The molecule has 1 heterocycles. The van der Waals surface area contributed by atoms with Gasteiger partial charge < -0.3 is 10.4 Å². The standard InChI is InChI=1S/C17H22N4O3/c1-4-14-19-15(21-20-14)11-5-7-12(8-6-11)16(22)18-13(17(23)24)9-10(2)3/h5-8,10,13H,4,9H2,1-3H3,(H,18,22)(H,23,24)(H,19,20,21)/t13-/m1/s1. The first-order chi connectivity index (χ1) is 11.4. The lowest BCUT2D eigenvalue weighted by molar-refractivity contribution is -0.139. The van der Waals surface area contributed by atoms with E-state index in [2.05, 4.69) is 20.5 Å². The lowest BCUT2D eigenvalue weighted by Gasteiger charge is -2.16. The minimum Gasteiger partial charge on any atom is -0.480 e. The van der Waals surface area contributed by atoms with Gasteiger partial charge in [-0.25, -0.2) is 9.78 Å². The third-order valence-electron chi connectivity index (χ3n) is 3.58. The second-order valence-corrected chi connectivity index (χ2v) is 6.03. The van der Waals surface area contributed by atoms with Gasteiger partial charge in [-0.2, -0.15) is 5.10 Å². The van der Waals surface area contributed by atoms with Crippen molar-refractivity contribution in [2.24, 2.45) is 5.92 Å². The van der Waals surface area contributed by atoms with Crippen LogP contribution in [0, 0.1) is 5.92 Å². The Morgan fingerprint density at radius 3 is 2.42 bits per heavy atom. The lowest BCUT2D eigenvalue weighted by atomic mass is 10.0. The Bertz CT molecular complexity index is 707. The van der Waals surface area contributed by atoms with Crippen molar-refractivity contribution in [3.8, 4) is 11.4 Å². The predicted molar refractivity (Wildman–Crippen MR) is 89.5 cm³/mol. The molecule has 2 rings (SSSR count). The average molecular weight is 330 g/mol. The van der Waals surface area contributed by atoms with E-state index >= 15 is 0 Å². The average Bonchev–Trinajstić information content (AvgIpc) is 3.03. The molecule has 0 aliphatic heterocycles. The van der Waals surface area contributed by atoms with Gasteiger partial charge in [0.1, 0.15) is 11.9 Å². The third-order valence-corrected chi connectivity index (χ3v) is 3.58. The van der Waals surface area contributed by atoms with Gasteiger partial charge in [0.05, 0.1) is 0 Å². The highest BCUT2D eigenvalue weighted by atomic mass is 16.4. The molecule has 0 bridgehead atoms. The van der Waals surface area contributed by atoms with E-state index < -0.39 is 17.9 Å². The maximum atomic E-state index is 12.2. The van der Waals surface area contributed by atoms with Crippen molar-refractivity contribution < 1.29 is 14.7 Å². The Morgan fingerprint density at radius 1 is 1.25 bits per heavy atom. The molecule has 1 atom stereocenters. The zero-order valence-electron chi connectivity index (χ0n) is 14.0. The summed E-state index contributed by atoms with van der Waals surface area (Å²) in [6, 6.07) is 5.88. The summed E-state index contributed by atoms with van der Waals surface area (Å²) in [6.45, 7) is 5.81. The quantitative estimate of drug-likeness (QED) is 0.721. The number of H-pyrrole nitrogens is 1. The minimum absolute atomic E-state index is 0.173. The highest BCUT2D eigenvalue weighted by Crippen LogP contribution is 2.16. The van der Waals surface area contributed by atoms with Gasteiger partial charge in [-0.1, -0.05) is 32.9 Å². The van der Waals surface area contributed by atoms with Crippen LogP contribution in [-0.4, -0.2) is 38.2 Å². The Labute approximate surface area is 140 Å². The van der Waals surface area contributed by atoms with Crippen molar-refractivity contribution in [1.82, 2.24) is 20.5 Å². The second kappa shape index (κ2) is 7.72. The summed E-state index contributed by atoms with van der Waals surface area (Å²) in [5, 5.41) is 18.7. The summed E-state index contributed by atoms with van der Waals surface area (Å²) < 4.78 is 0. The number of benzene rings is 1. The molecule has 0 aliphatic carbocycles. The fraction of sp³-hybridized carbons (Fsp3) is 0.412. The van der Waals surface area contributed by atoms with Gasteiger partial charge in [0.25, 0.3) is 5.91 Å². The number of hydrogen-bond acceptors (Lipinski definition) is 4. The molecule has 128 valence electrons. The molecule has 1 amide bonds. The number of aryl methyl sites for hydroxylation is 1. The predicted octanol–water partition coefficient (Wildman–Crippen LogP) is 2.26. The summed E-state index contributed by atoms with van der Waals surface area (Å²) >= 11 is 0. The first-order valence-electron chi connectivity index (χ1n) is 7.96. The summed E-state index contributed by atoms with van der Waals surface area (Å²) in [4.78, 5) is 27.8. The van der Waals surface area contributed by atoms with Crippen molar-refractivity contribution >= 4 is 11.9 Å². The van der Waals surface area contributed by atoms with Crippen LogP contribution in [0.3, 0.4) is 0 Å². The molecule has 0 spiro atoms. The van der Waals surface area contributed by atoms with Gasteiger partial charge in [0, 0.05) is 17.5 Å². The van der Waals surface area contributed by atoms with Crippen molar-refractivity contribution in [1.29, 1.82) is 0 Å². The van der Waals surface area contributed by atoms with Crippen LogP contribution in [0.25, 0.3) is 11.4 Å². The smallest absolute Gasteiger partial charge is 0.326 e. The van der Waals surface area contributed by atoms with Crippen LogP contribution in [0.4, 0.5) is 0 Å². The summed E-state index contributed by atoms with van der Waals surface area (Å²) in [5.74, 6) is 0.111. The molecule has 0 saturated carbocycles. The number of hydrogen-bond donors (Lipinski definition) is 3. The Hall–Kier alpha value is -2.70. The number of rotatable bonds is 7. The van der Waals surface area contributed by atoms with E-state index in [0.29, 0.717) is 17.8 Å². The number of carbonyl (C=O) groups is 2. The maximum Gasteiger partial charge on any atom is 0.326 e. The third kappa shape index (κ3) is 4.41. The highest BCUT2D eigenvalue weighted by Gasteiger charge is 2.21. The number of carboxylic acids is 1. The Kier molecular flexibility index (Phi) is 5.68. The van der Waals surface area contributed by atoms with Crippen molar-refractivity contribution in [2.45, 2.75) is 39.7 Å². The van der Waals surface area contributed by atoms with Gasteiger partial charge >= 0.3 is 5.97 Å². The fourth-order valence-corrected chi connectivity index (χ4v) is 2.29. The Morgan fingerprint density at radius 2 is 1.92 bits per heavy atom. The Balaban J connectivity index is 2.09. The van der Waals surface area contributed by atoms with E-state index in [4.69, 9.17) is 0 Å². The molecule has 24 heavy (non-hydrogen) atoms. The molecule has 0 fully saturated rings. The topological polar surface area (TPSA) is 108 Å². The van der Waals surface area contributed by atoms with E-state index in [1.54, 1.807) is 24.3 Å². The van der Waals surface area contributed by atoms with E-state index in [0.717, 1.165) is 17.8 Å². The van der Waals surface area contributed by atoms with Crippen LogP contribution in [0.5, 0.6) is 0 Å². The number of nitrogens with zero attached hydrogens (tertiary/aromatic N) is 2. The number of nitrogens with one attached hydrogen (secondary N) is 2. The first-order valence-corrected chi connectivity index (χ1v) is 7.96. The normalized spacial score (nSPS) is 12.2. The maximum absolute atomic E-state index is 12.2. The number of aliphatic carboxylic acids is 1.